The summed E-state index contributed by atoms with van der Waals surface area (Å²) in [6.07, 6.45) is 5.44. The number of aliphatic hydroxyl groups excluding tert-OH is 1. The standard InChI is InChI=1S/C14H28N2O2/c1-11(2)7-12(9-15)8-13(18)16-14(10-17)5-3-4-6-14/h11-12,17H,3-10,15H2,1-2H3,(H,16,18)/t12-/m0/s1. The lowest BCUT2D eigenvalue weighted by molar-refractivity contribution is -0.124. The summed E-state index contributed by atoms with van der Waals surface area (Å²) in [6.45, 7) is 4.90. The van der Waals surface area contributed by atoms with Crippen molar-refractivity contribution in [1.29, 1.82) is 0 Å². The highest BCUT2D eigenvalue weighted by atomic mass is 16.3. The number of aliphatic hydroxyl groups is 1. The molecule has 0 aromatic rings. The molecule has 1 aliphatic rings. The molecule has 0 spiro atoms. The molecule has 106 valence electrons. The lowest BCUT2D eigenvalue weighted by Gasteiger charge is -2.29. The quantitative estimate of drug-likeness (QED) is 0.645. The third-order valence-electron chi connectivity index (χ3n) is 3.88. The second kappa shape index (κ2) is 7.10. The van der Waals surface area contributed by atoms with Gasteiger partial charge in [0.2, 0.25) is 5.91 Å². The summed E-state index contributed by atoms with van der Waals surface area (Å²) >= 11 is 0. The molecule has 18 heavy (non-hydrogen) atoms. The first-order valence-electron chi connectivity index (χ1n) is 7.13. The number of rotatable bonds is 7. The molecule has 1 saturated carbocycles. The van der Waals surface area contributed by atoms with E-state index in [1.165, 1.54) is 0 Å². The summed E-state index contributed by atoms with van der Waals surface area (Å²) in [4.78, 5) is 12.0. The molecule has 0 aliphatic heterocycles. The van der Waals surface area contributed by atoms with E-state index >= 15 is 0 Å². The Kier molecular flexibility index (Phi) is 6.09. The number of nitrogens with one attached hydrogen (secondary N) is 1. The van der Waals surface area contributed by atoms with Crippen LogP contribution in [0.15, 0.2) is 0 Å². The minimum atomic E-state index is -0.353. The molecule has 0 bridgehead atoms. The summed E-state index contributed by atoms with van der Waals surface area (Å²) < 4.78 is 0. The van der Waals surface area contributed by atoms with Crippen molar-refractivity contribution >= 4 is 5.91 Å². The first-order valence-corrected chi connectivity index (χ1v) is 7.13. The molecule has 4 heteroatoms. The molecule has 0 radical (unpaired) electrons. The summed E-state index contributed by atoms with van der Waals surface area (Å²) in [6, 6.07) is 0. The Hall–Kier alpha value is -0.610. The van der Waals surface area contributed by atoms with Crippen LogP contribution in [0.5, 0.6) is 0 Å². The van der Waals surface area contributed by atoms with Crippen molar-refractivity contribution in [3.05, 3.63) is 0 Å². The third-order valence-corrected chi connectivity index (χ3v) is 3.88. The average Bonchev–Trinajstić information content (AvgIpc) is 2.76. The maximum Gasteiger partial charge on any atom is 0.220 e. The smallest absolute Gasteiger partial charge is 0.220 e. The van der Waals surface area contributed by atoms with Crippen LogP contribution in [0.4, 0.5) is 0 Å². The summed E-state index contributed by atoms with van der Waals surface area (Å²) in [5.74, 6) is 0.855. The first kappa shape index (κ1) is 15.4. The van der Waals surface area contributed by atoms with E-state index in [0.717, 1.165) is 32.1 Å². The van der Waals surface area contributed by atoms with Gasteiger partial charge < -0.3 is 16.2 Å². The van der Waals surface area contributed by atoms with Crippen LogP contribution in [0.2, 0.25) is 0 Å². The van der Waals surface area contributed by atoms with Crippen molar-refractivity contribution in [2.24, 2.45) is 17.6 Å². The molecule has 1 fully saturated rings. The van der Waals surface area contributed by atoms with Gasteiger partial charge in [0.1, 0.15) is 0 Å². The van der Waals surface area contributed by atoms with Gasteiger partial charge in [-0.05, 0) is 37.6 Å². The fourth-order valence-corrected chi connectivity index (χ4v) is 2.91. The van der Waals surface area contributed by atoms with Gasteiger partial charge >= 0.3 is 0 Å². The molecular formula is C14H28N2O2. The Morgan fingerprint density at radius 2 is 2.00 bits per heavy atom. The molecular weight excluding hydrogens is 228 g/mol. The Morgan fingerprint density at radius 3 is 2.44 bits per heavy atom. The van der Waals surface area contributed by atoms with E-state index in [1.807, 2.05) is 0 Å². The normalized spacial score (nSPS) is 20.1. The Balaban J connectivity index is 2.44. The van der Waals surface area contributed by atoms with Crippen LogP contribution in [0, 0.1) is 11.8 Å². The first-order chi connectivity index (χ1) is 8.51. The van der Waals surface area contributed by atoms with Crippen LogP contribution < -0.4 is 11.1 Å². The van der Waals surface area contributed by atoms with Gasteiger partial charge in [-0.3, -0.25) is 4.79 Å². The molecule has 4 nitrogen and oxygen atoms in total. The van der Waals surface area contributed by atoms with Gasteiger partial charge in [0.05, 0.1) is 12.1 Å². The van der Waals surface area contributed by atoms with Crippen LogP contribution in [0.1, 0.15) is 52.4 Å². The lowest BCUT2D eigenvalue weighted by Crippen LogP contribution is -2.49. The van der Waals surface area contributed by atoms with Crippen molar-refractivity contribution in [2.75, 3.05) is 13.2 Å². The molecule has 4 N–H and O–H groups in total. The van der Waals surface area contributed by atoms with Gasteiger partial charge in [-0.1, -0.05) is 26.7 Å². The van der Waals surface area contributed by atoms with Crippen LogP contribution in [0.25, 0.3) is 0 Å². The Labute approximate surface area is 110 Å². The molecule has 1 atom stereocenters. The maximum atomic E-state index is 12.0. The van der Waals surface area contributed by atoms with Gasteiger partial charge in [0.15, 0.2) is 0 Å². The highest BCUT2D eigenvalue weighted by Crippen LogP contribution is 2.29. The van der Waals surface area contributed by atoms with Crippen molar-refractivity contribution < 1.29 is 9.90 Å². The van der Waals surface area contributed by atoms with Crippen LogP contribution >= 0.6 is 0 Å². The van der Waals surface area contributed by atoms with E-state index in [2.05, 4.69) is 19.2 Å². The molecule has 0 heterocycles. The zero-order chi connectivity index (χ0) is 13.6. The van der Waals surface area contributed by atoms with E-state index in [9.17, 15) is 9.90 Å². The van der Waals surface area contributed by atoms with E-state index in [4.69, 9.17) is 5.73 Å². The van der Waals surface area contributed by atoms with Gasteiger partial charge in [0.25, 0.3) is 0 Å². The number of amides is 1. The minimum absolute atomic E-state index is 0.0436. The Bertz CT molecular complexity index is 261. The lowest BCUT2D eigenvalue weighted by atomic mass is 9.92. The second-order valence-electron chi connectivity index (χ2n) is 6.13. The maximum absolute atomic E-state index is 12.0. The van der Waals surface area contributed by atoms with E-state index in [-0.39, 0.29) is 24.0 Å². The van der Waals surface area contributed by atoms with E-state index < -0.39 is 0 Å². The van der Waals surface area contributed by atoms with Gasteiger partial charge in [-0.25, -0.2) is 0 Å². The van der Waals surface area contributed by atoms with E-state index in [0.29, 0.717) is 18.9 Å². The molecule has 0 aromatic carbocycles. The number of hydrogen-bond donors (Lipinski definition) is 3. The zero-order valence-corrected chi connectivity index (χ0v) is 11.7. The van der Waals surface area contributed by atoms with E-state index in [1.54, 1.807) is 0 Å². The highest BCUT2D eigenvalue weighted by Gasteiger charge is 2.34. The predicted octanol–water partition coefficient (Wildman–Crippen LogP) is 1.42. The van der Waals surface area contributed by atoms with Crippen LogP contribution in [-0.2, 0) is 4.79 Å². The van der Waals surface area contributed by atoms with Crippen molar-refractivity contribution in [3.63, 3.8) is 0 Å². The highest BCUT2D eigenvalue weighted by molar-refractivity contribution is 5.77. The second-order valence-corrected chi connectivity index (χ2v) is 6.13. The summed E-state index contributed by atoms with van der Waals surface area (Å²) in [5.41, 5.74) is 5.36. The minimum Gasteiger partial charge on any atom is -0.394 e. The predicted molar refractivity (Wildman–Crippen MR) is 73.0 cm³/mol. The largest absolute Gasteiger partial charge is 0.394 e. The monoisotopic (exact) mass is 256 g/mol. The topological polar surface area (TPSA) is 75.4 Å². The summed E-state index contributed by atoms with van der Waals surface area (Å²) in [7, 11) is 0. The van der Waals surface area contributed by atoms with Gasteiger partial charge in [-0.15, -0.1) is 0 Å². The summed E-state index contributed by atoms with van der Waals surface area (Å²) in [5, 5.41) is 12.5. The van der Waals surface area contributed by atoms with Crippen molar-refractivity contribution in [2.45, 2.75) is 57.9 Å². The number of hydrogen-bond acceptors (Lipinski definition) is 3. The van der Waals surface area contributed by atoms with Crippen LogP contribution in [-0.4, -0.2) is 29.7 Å². The fourth-order valence-electron chi connectivity index (χ4n) is 2.91. The number of carbonyl (C=O) groups excluding carboxylic acids is 1. The SMILES string of the molecule is CC(C)C[C@H](CN)CC(=O)NC1(CO)CCCC1. The molecule has 0 aromatic heterocycles. The molecule has 1 amide bonds. The number of nitrogens with two attached hydrogens (primary N) is 1. The molecule has 0 unspecified atom stereocenters. The molecule has 1 aliphatic carbocycles. The fraction of sp³-hybridized carbons (Fsp3) is 0.929. The van der Waals surface area contributed by atoms with Crippen molar-refractivity contribution in [1.82, 2.24) is 5.32 Å². The molecule has 0 saturated heterocycles. The van der Waals surface area contributed by atoms with Gasteiger partial charge in [-0.2, -0.15) is 0 Å². The number of carbonyl (C=O) groups is 1. The van der Waals surface area contributed by atoms with Gasteiger partial charge in [0, 0.05) is 6.42 Å². The van der Waals surface area contributed by atoms with Crippen molar-refractivity contribution in [3.8, 4) is 0 Å². The Morgan fingerprint density at radius 1 is 1.39 bits per heavy atom. The molecule has 1 rings (SSSR count). The third kappa shape index (κ3) is 4.58. The average molecular weight is 256 g/mol. The zero-order valence-electron chi connectivity index (χ0n) is 11.7. The van der Waals surface area contributed by atoms with Crippen LogP contribution in [0.3, 0.4) is 0 Å².